The first-order valence-corrected chi connectivity index (χ1v) is 8.13. The highest BCUT2D eigenvalue weighted by atomic mass is 16.6. The Hall–Kier alpha value is -3.53. The maximum atomic E-state index is 12.6. The summed E-state index contributed by atoms with van der Waals surface area (Å²) in [6, 6.07) is 10.3. The molecule has 10 nitrogen and oxygen atoms in total. The monoisotopic (exact) mass is 372 g/mol. The fourth-order valence-electron chi connectivity index (χ4n) is 2.82. The van der Waals surface area contributed by atoms with Crippen LogP contribution in [0.2, 0.25) is 0 Å². The van der Waals surface area contributed by atoms with Crippen molar-refractivity contribution < 1.29 is 19.4 Å². The van der Waals surface area contributed by atoms with Crippen molar-refractivity contribution in [3.05, 3.63) is 68.3 Å². The number of para-hydroxylation sites is 2. The van der Waals surface area contributed by atoms with Gasteiger partial charge in [0.1, 0.15) is 0 Å². The summed E-state index contributed by atoms with van der Waals surface area (Å²) in [5, 5.41) is 24.7. The van der Waals surface area contributed by atoms with Gasteiger partial charge in [-0.3, -0.25) is 25.0 Å². The molecule has 0 radical (unpaired) electrons. The number of rotatable bonds is 5. The summed E-state index contributed by atoms with van der Waals surface area (Å²) in [7, 11) is 0. The van der Waals surface area contributed by atoms with Gasteiger partial charge < -0.3 is 15.0 Å². The lowest BCUT2D eigenvalue weighted by Gasteiger charge is -2.30. The van der Waals surface area contributed by atoms with Crippen LogP contribution in [0.4, 0.5) is 22.7 Å². The first-order valence-electron chi connectivity index (χ1n) is 8.13. The minimum Gasteiger partial charge on any atom is -0.378 e. The van der Waals surface area contributed by atoms with Crippen LogP contribution >= 0.6 is 0 Å². The van der Waals surface area contributed by atoms with Crippen molar-refractivity contribution in [1.29, 1.82) is 0 Å². The number of hydrogen-bond donors (Lipinski definition) is 1. The molecule has 1 aliphatic rings. The number of nitro groups is 2. The molecular formula is C17H16N4O6. The number of benzene rings is 2. The fraction of sp³-hybridized carbons (Fsp3) is 0.235. The third-order valence-electron chi connectivity index (χ3n) is 4.14. The molecule has 1 N–H and O–H groups in total. The zero-order valence-corrected chi connectivity index (χ0v) is 14.2. The van der Waals surface area contributed by atoms with E-state index >= 15 is 0 Å². The van der Waals surface area contributed by atoms with Crippen LogP contribution in [0.3, 0.4) is 0 Å². The highest BCUT2D eigenvalue weighted by Gasteiger charge is 2.26. The molecule has 0 aromatic heterocycles. The summed E-state index contributed by atoms with van der Waals surface area (Å²) < 4.78 is 5.33. The van der Waals surface area contributed by atoms with E-state index in [0.717, 1.165) is 17.8 Å². The smallest absolute Gasteiger partial charge is 0.346 e. The third-order valence-corrected chi connectivity index (χ3v) is 4.14. The zero-order chi connectivity index (χ0) is 19.4. The van der Waals surface area contributed by atoms with Gasteiger partial charge in [0.25, 0.3) is 5.91 Å². The van der Waals surface area contributed by atoms with Crippen LogP contribution < -0.4 is 10.2 Å². The number of nitrogens with zero attached hydrogens (tertiary/aromatic N) is 3. The van der Waals surface area contributed by atoms with E-state index in [1.807, 2.05) is 12.1 Å². The van der Waals surface area contributed by atoms with Crippen LogP contribution in [0, 0.1) is 20.2 Å². The minimum absolute atomic E-state index is 0.0379. The second kappa shape index (κ2) is 7.79. The van der Waals surface area contributed by atoms with E-state index < -0.39 is 27.1 Å². The molecule has 0 spiro atoms. The van der Waals surface area contributed by atoms with Gasteiger partial charge in [-0.25, -0.2) is 0 Å². The summed E-state index contributed by atoms with van der Waals surface area (Å²) in [6.07, 6.45) is 0. The summed E-state index contributed by atoms with van der Waals surface area (Å²) in [5.74, 6) is -0.589. The predicted octanol–water partition coefficient (Wildman–Crippen LogP) is 2.59. The van der Waals surface area contributed by atoms with Crippen LogP contribution in [0.1, 0.15) is 10.4 Å². The number of anilines is 2. The van der Waals surface area contributed by atoms with E-state index in [2.05, 4.69) is 10.2 Å². The average molecular weight is 372 g/mol. The van der Waals surface area contributed by atoms with E-state index in [1.165, 1.54) is 6.07 Å². The van der Waals surface area contributed by atoms with E-state index in [-0.39, 0.29) is 5.56 Å². The molecule has 0 unspecified atom stereocenters. The zero-order valence-electron chi connectivity index (χ0n) is 14.2. The Balaban J connectivity index is 1.87. The molecule has 1 amide bonds. The van der Waals surface area contributed by atoms with Crippen molar-refractivity contribution >= 4 is 28.7 Å². The standard InChI is InChI=1S/C17H16N4O6/c22-17(12-5-6-15(20(23)24)16(11-12)21(25)26)18-13-3-1-2-4-14(13)19-7-9-27-10-8-19/h1-6,11H,7-10H2,(H,18,22). The molecule has 0 saturated carbocycles. The lowest BCUT2D eigenvalue weighted by molar-refractivity contribution is -0.422. The van der Waals surface area contributed by atoms with Gasteiger partial charge >= 0.3 is 11.4 Å². The lowest BCUT2D eigenvalue weighted by Crippen LogP contribution is -2.36. The van der Waals surface area contributed by atoms with Crippen molar-refractivity contribution in [3.63, 3.8) is 0 Å². The average Bonchev–Trinajstić information content (AvgIpc) is 2.68. The largest absolute Gasteiger partial charge is 0.378 e. The minimum atomic E-state index is -0.878. The predicted molar refractivity (Wildman–Crippen MR) is 97.2 cm³/mol. The number of morpholine rings is 1. The molecule has 1 aliphatic heterocycles. The number of hydrogen-bond acceptors (Lipinski definition) is 7. The highest BCUT2D eigenvalue weighted by Crippen LogP contribution is 2.30. The summed E-state index contributed by atoms with van der Waals surface area (Å²) in [4.78, 5) is 34.9. The number of nitrogens with one attached hydrogen (secondary N) is 1. The van der Waals surface area contributed by atoms with Crippen LogP contribution in [-0.4, -0.2) is 42.1 Å². The first kappa shape index (κ1) is 18.3. The molecule has 27 heavy (non-hydrogen) atoms. The van der Waals surface area contributed by atoms with E-state index in [4.69, 9.17) is 4.74 Å². The number of carbonyl (C=O) groups is 1. The SMILES string of the molecule is O=C(Nc1ccccc1N1CCOCC1)c1ccc([N+](=O)[O-])c([N+](=O)[O-])c1. The second-order valence-corrected chi connectivity index (χ2v) is 5.79. The maximum absolute atomic E-state index is 12.6. The van der Waals surface area contributed by atoms with Gasteiger partial charge in [0.2, 0.25) is 0 Å². The van der Waals surface area contributed by atoms with Crippen molar-refractivity contribution in [3.8, 4) is 0 Å². The van der Waals surface area contributed by atoms with Crippen LogP contribution in [0.25, 0.3) is 0 Å². The van der Waals surface area contributed by atoms with E-state index in [9.17, 15) is 25.0 Å². The normalized spacial score (nSPS) is 13.9. The molecule has 3 rings (SSSR count). The van der Waals surface area contributed by atoms with Gasteiger partial charge in [-0.15, -0.1) is 0 Å². The Morgan fingerprint density at radius 2 is 1.67 bits per heavy atom. The quantitative estimate of drug-likeness (QED) is 0.631. The highest BCUT2D eigenvalue weighted by molar-refractivity contribution is 6.06. The molecule has 0 aliphatic carbocycles. The van der Waals surface area contributed by atoms with Crippen molar-refractivity contribution in [2.24, 2.45) is 0 Å². The summed E-state index contributed by atoms with van der Waals surface area (Å²) in [5.41, 5.74) is -0.0700. The van der Waals surface area contributed by atoms with Crippen molar-refractivity contribution in [2.45, 2.75) is 0 Å². The molecular weight excluding hydrogens is 356 g/mol. The van der Waals surface area contributed by atoms with Gasteiger partial charge in [0, 0.05) is 30.8 Å². The van der Waals surface area contributed by atoms with Crippen LogP contribution in [0.15, 0.2) is 42.5 Å². The molecule has 1 fully saturated rings. The number of ether oxygens (including phenoxy) is 1. The maximum Gasteiger partial charge on any atom is 0.346 e. The Morgan fingerprint density at radius 3 is 2.33 bits per heavy atom. The van der Waals surface area contributed by atoms with Gasteiger partial charge in [0.05, 0.1) is 34.4 Å². The second-order valence-electron chi connectivity index (χ2n) is 5.79. The topological polar surface area (TPSA) is 128 Å². The third kappa shape index (κ3) is 4.01. The van der Waals surface area contributed by atoms with Crippen LogP contribution in [0.5, 0.6) is 0 Å². The Morgan fingerprint density at radius 1 is 1.00 bits per heavy atom. The Labute approximate surface area is 153 Å². The van der Waals surface area contributed by atoms with Gasteiger partial charge in [0.15, 0.2) is 0 Å². The Kier molecular flexibility index (Phi) is 5.27. The molecule has 0 bridgehead atoms. The molecule has 0 atom stereocenters. The van der Waals surface area contributed by atoms with Crippen molar-refractivity contribution in [1.82, 2.24) is 0 Å². The van der Waals surface area contributed by atoms with Crippen LogP contribution in [-0.2, 0) is 4.74 Å². The van der Waals surface area contributed by atoms with Gasteiger partial charge in [-0.05, 0) is 18.2 Å². The number of carbonyl (C=O) groups excluding carboxylic acids is 1. The number of amides is 1. The summed E-state index contributed by atoms with van der Waals surface area (Å²) in [6.45, 7) is 2.51. The molecule has 2 aromatic rings. The Bertz CT molecular complexity index is 895. The molecule has 140 valence electrons. The lowest BCUT2D eigenvalue weighted by atomic mass is 10.1. The summed E-state index contributed by atoms with van der Waals surface area (Å²) >= 11 is 0. The molecule has 2 aromatic carbocycles. The molecule has 1 saturated heterocycles. The van der Waals surface area contributed by atoms with Crippen molar-refractivity contribution in [2.75, 3.05) is 36.5 Å². The molecule has 10 heteroatoms. The van der Waals surface area contributed by atoms with Gasteiger partial charge in [-0.2, -0.15) is 0 Å². The van der Waals surface area contributed by atoms with E-state index in [1.54, 1.807) is 12.1 Å². The number of nitro benzene ring substituents is 2. The first-order chi connectivity index (χ1) is 13.0. The molecule has 1 heterocycles. The van der Waals surface area contributed by atoms with E-state index in [0.29, 0.717) is 32.0 Å². The van der Waals surface area contributed by atoms with Gasteiger partial charge in [-0.1, -0.05) is 12.1 Å². The fourth-order valence-corrected chi connectivity index (χ4v) is 2.82.